The molecule has 1 heterocycles. The fraction of sp³-hybridized carbons (Fsp3) is 0.500. The molecular formula is C12H15BrFNO. The number of halogens is 2. The molecule has 2 nitrogen and oxygen atoms in total. The van der Waals surface area contributed by atoms with Gasteiger partial charge in [0.2, 0.25) is 0 Å². The van der Waals surface area contributed by atoms with Crippen molar-refractivity contribution in [1.29, 1.82) is 0 Å². The summed E-state index contributed by atoms with van der Waals surface area (Å²) in [7, 11) is 0. The molecule has 0 aromatic heterocycles. The Hall–Kier alpha value is -0.610. The molecule has 1 aliphatic heterocycles. The highest BCUT2D eigenvalue weighted by molar-refractivity contribution is 9.10. The highest BCUT2D eigenvalue weighted by Crippen LogP contribution is 2.20. The molecule has 0 aliphatic carbocycles. The highest BCUT2D eigenvalue weighted by atomic mass is 79.9. The average molecular weight is 288 g/mol. The first kappa shape index (κ1) is 11.9. The highest BCUT2D eigenvalue weighted by Gasteiger charge is 2.14. The molecule has 16 heavy (non-hydrogen) atoms. The van der Waals surface area contributed by atoms with Crippen LogP contribution in [0, 0.1) is 5.82 Å². The van der Waals surface area contributed by atoms with E-state index in [1.165, 1.54) is 6.07 Å². The van der Waals surface area contributed by atoms with E-state index >= 15 is 0 Å². The summed E-state index contributed by atoms with van der Waals surface area (Å²) >= 11 is 3.23. The van der Waals surface area contributed by atoms with Gasteiger partial charge in [0.25, 0.3) is 0 Å². The van der Waals surface area contributed by atoms with E-state index in [4.69, 9.17) is 4.74 Å². The molecule has 1 unspecified atom stereocenters. The Balaban J connectivity index is 1.80. The summed E-state index contributed by atoms with van der Waals surface area (Å²) < 4.78 is 19.7. The summed E-state index contributed by atoms with van der Waals surface area (Å²) in [5, 5.41) is 3.09. The molecule has 1 N–H and O–H groups in total. The van der Waals surface area contributed by atoms with Gasteiger partial charge in [0.15, 0.2) is 0 Å². The fourth-order valence-corrected chi connectivity index (χ4v) is 2.21. The molecule has 0 spiro atoms. The van der Waals surface area contributed by atoms with Crippen molar-refractivity contribution in [3.05, 3.63) is 28.5 Å². The van der Waals surface area contributed by atoms with Gasteiger partial charge < -0.3 is 10.1 Å². The molecule has 1 saturated heterocycles. The molecule has 88 valence electrons. The zero-order chi connectivity index (χ0) is 11.4. The molecule has 1 aliphatic rings. The smallest absolute Gasteiger partial charge is 0.147 e. The minimum Gasteiger partial charge on any atom is -0.383 e. The van der Waals surface area contributed by atoms with Gasteiger partial charge >= 0.3 is 0 Å². The number of anilines is 1. The maximum Gasteiger partial charge on any atom is 0.147 e. The van der Waals surface area contributed by atoms with E-state index in [9.17, 15) is 4.39 Å². The van der Waals surface area contributed by atoms with E-state index < -0.39 is 0 Å². The van der Waals surface area contributed by atoms with E-state index in [1.54, 1.807) is 6.07 Å². The number of rotatable bonds is 4. The summed E-state index contributed by atoms with van der Waals surface area (Å²) in [4.78, 5) is 0. The lowest BCUT2D eigenvalue weighted by molar-refractivity contribution is 0.107. The van der Waals surface area contributed by atoms with Gasteiger partial charge in [-0.05, 0) is 37.5 Å². The van der Waals surface area contributed by atoms with Gasteiger partial charge in [-0.3, -0.25) is 0 Å². The molecule has 2 rings (SSSR count). The molecule has 0 saturated carbocycles. The SMILES string of the molecule is Fc1cc(Br)ccc1NCCC1CCCO1. The third-order valence-corrected chi connectivity index (χ3v) is 3.23. The fourth-order valence-electron chi connectivity index (χ4n) is 1.87. The van der Waals surface area contributed by atoms with Gasteiger partial charge in [-0.15, -0.1) is 0 Å². The predicted molar refractivity (Wildman–Crippen MR) is 66.2 cm³/mol. The summed E-state index contributed by atoms with van der Waals surface area (Å²) in [5.74, 6) is -0.221. The van der Waals surface area contributed by atoms with Crippen LogP contribution < -0.4 is 5.32 Å². The van der Waals surface area contributed by atoms with Crippen molar-refractivity contribution < 1.29 is 9.13 Å². The Morgan fingerprint density at radius 3 is 3.06 bits per heavy atom. The molecule has 0 radical (unpaired) electrons. The van der Waals surface area contributed by atoms with Crippen LogP contribution in [0.5, 0.6) is 0 Å². The third-order valence-electron chi connectivity index (χ3n) is 2.74. The lowest BCUT2D eigenvalue weighted by atomic mass is 10.2. The number of benzene rings is 1. The van der Waals surface area contributed by atoms with Crippen molar-refractivity contribution in [2.45, 2.75) is 25.4 Å². The van der Waals surface area contributed by atoms with Crippen LogP contribution >= 0.6 is 15.9 Å². The maximum absolute atomic E-state index is 13.4. The van der Waals surface area contributed by atoms with Gasteiger partial charge in [0, 0.05) is 17.6 Å². The Bertz CT molecular complexity index is 353. The molecule has 0 bridgehead atoms. The summed E-state index contributed by atoms with van der Waals surface area (Å²) in [6, 6.07) is 5.04. The van der Waals surface area contributed by atoms with E-state index in [0.29, 0.717) is 11.8 Å². The normalized spacial score (nSPS) is 20.0. The van der Waals surface area contributed by atoms with Crippen LogP contribution in [0.2, 0.25) is 0 Å². The van der Waals surface area contributed by atoms with Gasteiger partial charge in [-0.1, -0.05) is 15.9 Å². The molecule has 4 heteroatoms. The monoisotopic (exact) mass is 287 g/mol. The minimum absolute atomic E-state index is 0.221. The third kappa shape index (κ3) is 3.19. The zero-order valence-corrected chi connectivity index (χ0v) is 10.6. The topological polar surface area (TPSA) is 21.3 Å². The van der Waals surface area contributed by atoms with Gasteiger partial charge in [0.1, 0.15) is 5.82 Å². The maximum atomic E-state index is 13.4. The molecule has 0 amide bonds. The largest absolute Gasteiger partial charge is 0.383 e. The van der Waals surface area contributed by atoms with Crippen molar-refractivity contribution in [1.82, 2.24) is 0 Å². The lowest BCUT2D eigenvalue weighted by Gasteiger charge is -2.11. The first-order valence-electron chi connectivity index (χ1n) is 5.56. The second-order valence-electron chi connectivity index (χ2n) is 3.97. The lowest BCUT2D eigenvalue weighted by Crippen LogP contribution is -2.13. The van der Waals surface area contributed by atoms with Crippen molar-refractivity contribution in [3.63, 3.8) is 0 Å². The Morgan fingerprint density at radius 2 is 2.38 bits per heavy atom. The van der Waals surface area contributed by atoms with E-state index in [0.717, 1.165) is 36.9 Å². The van der Waals surface area contributed by atoms with Crippen LogP contribution in [0.4, 0.5) is 10.1 Å². The van der Waals surface area contributed by atoms with Gasteiger partial charge in [0.05, 0.1) is 11.8 Å². The van der Waals surface area contributed by atoms with Crippen LogP contribution in [-0.4, -0.2) is 19.3 Å². The second kappa shape index (κ2) is 5.64. The quantitative estimate of drug-likeness (QED) is 0.914. The van der Waals surface area contributed by atoms with Crippen molar-refractivity contribution >= 4 is 21.6 Å². The summed E-state index contributed by atoms with van der Waals surface area (Å²) in [6.45, 7) is 1.63. The molecule has 1 aromatic carbocycles. The summed E-state index contributed by atoms with van der Waals surface area (Å²) in [6.07, 6.45) is 3.57. The standard InChI is InChI=1S/C12H15BrFNO/c13-9-3-4-12(11(14)8-9)15-6-5-10-2-1-7-16-10/h3-4,8,10,15H,1-2,5-7H2. The van der Waals surface area contributed by atoms with Crippen LogP contribution in [0.25, 0.3) is 0 Å². The van der Waals surface area contributed by atoms with Crippen molar-refractivity contribution in [2.24, 2.45) is 0 Å². The van der Waals surface area contributed by atoms with Crippen LogP contribution in [-0.2, 0) is 4.74 Å². The average Bonchev–Trinajstić information content (AvgIpc) is 2.74. The molecule has 1 aromatic rings. The zero-order valence-electron chi connectivity index (χ0n) is 9.01. The number of hydrogen-bond donors (Lipinski definition) is 1. The van der Waals surface area contributed by atoms with Crippen molar-refractivity contribution in [2.75, 3.05) is 18.5 Å². The van der Waals surface area contributed by atoms with Gasteiger partial charge in [-0.2, -0.15) is 0 Å². The minimum atomic E-state index is -0.221. The van der Waals surface area contributed by atoms with Crippen LogP contribution in [0.15, 0.2) is 22.7 Å². The number of hydrogen-bond acceptors (Lipinski definition) is 2. The summed E-state index contributed by atoms with van der Waals surface area (Å²) in [5.41, 5.74) is 0.557. The predicted octanol–water partition coefficient (Wildman–Crippen LogP) is 3.57. The Kier molecular flexibility index (Phi) is 4.18. The molecule has 1 fully saturated rings. The van der Waals surface area contributed by atoms with Crippen molar-refractivity contribution in [3.8, 4) is 0 Å². The first-order chi connectivity index (χ1) is 7.75. The first-order valence-corrected chi connectivity index (χ1v) is 6.35. The van der Waals surface area contributed by atoms with E-state index in [-0.39, 0.29) is 5.82 Å². The number of ether oxygens (including phenoxy) is 1. The molecule has 1 atom stereocenters. The Morgan fingerprint density at radius 1 is 1.50 bits per heavy atom. The van der Waals surface area contributed by atoms with E-state index in [1.807, 2.05) is 6.07 Å². The Labute approximate surface area is 103 Å². The van der Waals surface area contributed by atoms with Crippen LogP contribution in [0.1, 0.15) is 19.3 Å². The van der Waals surface area contributed by atoms with Crippen LogP contribution in [0.3, 0.4) is 0 Å². The second-order valence-corrected chi connectivity index (χ2v) is 4.89. The number of nitrogens with one attached hydrogen (secondary N) is 1. The van der Waals surface area contributed by atoms with Gasteiger partial charge in [-0.25, -0.2) is 4.39 Å². The van der Waals surface area contributed by atoms with E-state index in [2.05, 4.69) is 21.2 Å². The molecular weight excluding hydrogens is 273 g/mol.